The molecule has 1 aliphatic heterocycles. The summed E-state index contributed by atoms with van der Waals surface area (Å²) in [6.45, 7) is 1.03. The Morgan fingerprint density at radius 3 is 2.71 bits per heavy atom. The number of nitrogens with one attached hydrogen (secondary N) is 1. The fourth-order valence-corrected chi connectivity index (χ4v) is 4.30. The van der Waals surface area contributed by atoms with Gasteiger partial charge >= 0.3 is 0 Å². The number of amides is 1. The first-order chi connectivity index (χ1) is 13.4. The lowest BCUT2D eigenvalue weighted by Gasteiger charge is -2.18. The van der Waals surface area contributed by atoms with Crippen LogP contribution in [0.1, 0.15) is 5.56 Å². The second-order valence-electron chi connectivity index (χ2n) is 6.15. The van der Waals surface area contributed by atoms with Crippen LogP contribution in [0.3, 0.4) is 0 Å². The van der Waals surface area contributed by atoms with Gasteiger partial charge in [-0.3, -0.25) is 10.1 Å². The third-order valence-electron chi connectivity index (χ3n) is 4.01. The molecule has 0 radical (unpaired) electrons. The highest BCUT2D eigenvalue weighted by Gasteiger charge is 2.12. The molecule has 7 nitrogen and oxygen atoms in total. The second-order valence-corrected chi connectivity index (χ2v) is 9.19. The van der Waals surface area contributed by atoms with Crippen LogP contribution in [-0.4, -0.2) is 38.8 Å². The van der Waals surface area contributed by atoms with Crippen LogP contribution in [0.25, 0.3) is 16.3 Å². The smallest absolute Gasteiger partial charge is 0.250 e. The van der Waals surface area contributed by atoms with E-state index in [-0.39, 0.29) is 10.8 Å². The summed E-state index contributed by atoms with van der Waals surface area (Å²) in [6, 6.07) is 10.1. The highest BCUT2D eigenvalue weighted by atomic mass is 32.2. The number of nitrogens with zero attached hydrogens (tertiary/aromatic N) is 1. The first kappa shape index (κ1) is 18.5. The summed E-state index contributed by atoms with van der Waals surface area (Å²) in [4.78, 5) is 16.7. The Bertz CT molecular complexity index is 1200. The van der Waals surface area contributed by atoms with Crippen molar-refractivity contribution in [3.63, 3.8) is 0 Å². The zero-order valence-corrected chi connectivity index (χ0v) is 16.5. The number of sulfone groups is 1. The monoisotopic (exact) mass is 416 g/mol. The Morgan fingerprint density at radius 2 is 1.93 bits per heavy atom. The molecule has 0 atom stereocenters. The van der Waals surface area contributed by atoms with Crippen molar-refractivity contribution in [1.29, 1.82) is 0 Å². The van der Waals surface area contributed by atoms with E-state index in [0.29, 0.717) is 40.1 Å². The highest BCUT2D eigenvalue weighted by molar-refractivity contribution is 7.90. The van der Waals surface area contributed by atoms with E-state index in [1.807, 2.05) is 12.1 Å². The molecule has 1 aromatic heterocycles. The third-order valence-corrected chi connectivity index (χ3v) is 6.06. The van der Waals surface area contributed by atoms with Crippen molar-refractivity contribution < 1.29 is 22.7 Å². The normalized spacial score (nSPS) is 13.8. The largest absolute Gasteiger partial charge is 0.486 e. The van der Waals surface area contributed by atoms with Crippen molar-refractivity contribution in [2.24, 2.45) is 0 Å². The maximum Gasteiger partial charge on any atom is 0.250 e. The molecule has 2 heterocycles. The minimum absolute atomic E-state index is 0.222. The van der Waals surface area contributed by atoms with E-state index in [2.05, 4.69) is 10.3 Å². The molecule has 4 rings (SSSR count). The Hall–Kier alpha value is -2.91. The van der Waals surface area contributed by atoms with Gasteiger partial charge in [-0.15, -0.1) is 0 Å². The number of fused-ring (bicyclic) bond motifs is 2. The van der Waals surface area contributed by atoms with Gasteiger partial charge in [0.2, 0.25) is 5.91 Å². The molecular weight excluding hydrogens is 400 g/mol. The topological polar surface area (TPSA) is 94.6 Å². The van der Waals surface area contributed by atoms with Crippen LogP contribution in [-0.2, 0) is 14.6 Å². The lowest BCUT2D eigenvalue weighted by Crippen LogP contribution is -2.15. The molecule has 0 saturated heterocycles. The molecule has 2 aromatic carbocycles. The van der Waals surface area contributed by atoms with Crippen molar-refractivity contribution in [3.8, 4) is 11.5 Å². The van der Waals surface area contributed by atoms with Gasteiger partial charge < -0.3 is 9.47 Å². The third kappa shape index (κ3) is 4.00. The predicted molar refractivity (Wildman–Crippen MR) is 108 cm³/mol. The molecule has 1 N–H and O–H groups in total. The number of ether oxygens (including phenoxy) is 2. The molecular formula is C19H16N2O5S2. The van der Waals surface area contributed by atoms with E-state index in [1.54, 1.807) is 24.3 Å². The number of hydrogen-bond acceptors (Lipinski definition) is 7. The Morgan fingerprint density at radius 1 is 1.14 bits per heavy atom. The fourth-order valence-electron chi connectivity index (χ4n) is 2.67. The molecule has 0 bridgehead atoms. The highest BCUT2D eigenvalue weighted by Crippen LogP contribution is 2.31. The maximum absolute atomic E-state index is 12.2. The minimum Gasteiger partial charge on any atom is -0.486 e. The average Bonchev–Trinajstić information content (AvgIpc) is 3.07. The van der Waals surface area contributed by atoms with Gasteiger partial charge in [-0.05, 0) is 42.0 Å². The molecule has 0 saturated carbocycles. The molecule has 3 aromatic rings. The molecule has 0 spiro atoms. The van der Waals surface area contributed by atoms with Crippen LogP contribution in [0, 0.1) is 0 Å². The lowest BCUT2D eigenvalue weighted by atomic mass is 10.2. The number of rotatable bonds is 4. The fraction of sp³-hybridized carbons (Fsp3) is 0.158. The number of carbonyl (C=O) groups excluding carboxylic acids is 1. The number of aromatic nitrogens is 1. The number of hydrogen-bond donors (Lipinski definition) is 1. The van der Waals surface area contributed by atoms with E-state index in [1.165, 1.54) is 23.5 Å². The predicted octanol–water partition coefficient (Wildman–Crippen LogP) is 3.12. The summed E-state index contributed by atoms with van der Waals surface area (Å²) in [7, 11) is -3.29. The number of carbonyl (C=O) groups is 1. The summed E-state index contributed by atoms with van der Waals surface area (Å²) in [5.41, 5.74) is 1.44. The standard InChI is InChI=1S/C19H16N2O5S2/c1-28(23,24)13-4-5-14-17(11-13)27-19(20-14)21-18(22)7-3-12-2-6-15-16(10-12)26-9-8-25-15/h2-7,10-11H,8-9H2,1H3,(H,20,21,22)/b7-3+. The van der Waals surface area contributed by atoms with E-state index in [9.17, 15) is 13.2 Å². The lowest BCUT2D eigenvalue weighted by molar-refractivity contribution is -0.111. The first-order valence-corrected chi connectivity index (χ1v) is 11.1. The molecule has 0 aliphatic carbocycles. The van der Waals surface area contributed by atoms with E-state index < -0.39 is 9.84 Å². The van der Waals surface area contributed by atoms with Gasteiger partial charge in [0.05, 0.1) is 15.1 Å². The van der Waals surface area contributed by atoms with Gasteiger partial charge in [0, 0.05) is 12.3 Å². The summed E-state index contributed by atoms with van der Waals surface area (Å²) >= 11 is 1.22. The van der Waals surface area contributed by atoms with Gasteiger partial charge in [-0.2, -0.15) is 0 Å². The van der Waals surface area contributed by atoms with E-state index in [4.69, 9.17) is 9.47 Å². The van der Waals surface area contributed by atoms with Gasteiger partial charge in [-0.1, -0.05) is 17.4 Å². The number of thiazole rings is 1. The van der Waals surface area contributed by atoms with Crippen LogP contribution in [0.4, 0.5) is 5.13 Å². The van der Waals surface area contributed by atoms with E-state index >= 15 is 0 Å². The molecule has 1 aliphatic rings. The van der Waals surface area contributed by atoms with Gasteiger partial charge in [0.25, 0.3) is 0 Å². The molecule has 9 heteroatoms. The molecule has 144 valence electrons. The number of anilines is 1. The van der Waals surface area contributed by atoms with Crippen molar-refractivity contribution in [2.45, 2.75) is 4.90 Å². The van der Waals surface area contributed by atoms with Crippen molar-refractivity contribution >= 4 is 48.5 Å². The molecule has 1 amide bonds. The SMILES string of the molecule is CS(=O)(=O)c1ccc2nc(NC(=O)/C=C/c3ccc4c(c3)OCCO4)sc2c1. The number of benzene rings is 2. The Kier molecular flexibility index (Phi) is 4.78. The zero-order chi connectivity index (χ0) is 19.7. The van der Waals surface area contributed by atoms with Crippen LogP contribution in [0.15, 0.2) is 47.4 Å². The van der Waals surface area contributed by atoms with E-state index in [0.717, 1.165) is 11.8 Å². The van der Waals surface area contributed by atoms with Crippen LogP contribution >= 0.6 is 11.3 Å². The van der Waals surface area contributed by atoms with Crippen LogP contribution < -0.4 is 14.8 Å². The first-order valence-electron chi connectivity index (χ1n) is 8.38. The average molecular weight is 416 g/mol. The zero-order valence-electron chi connectivity index (χ0n) is 14.8. The molecule has 0 unspecified atom stereocenters. The summed E-state index contributed by atoms with van der Waals surface area (Å²) in [5.74, 6) is 1.01. The second kappa shape index (κ2) is 7.25. The summed E-state index contributed by atoms with van der Waals surface area (Å²) in [5, 5.41) is 3.10. The molecule has 0 fully saturated rings. The quantitative estimate of drug-likeness (QED) is 0.657. The maximum atomic E-state index is 12.2. The van der Waals surface area contributed by atoms with Gasteiger partial charge in [0.15, 0.2) is 26.5 Å². The van der Waals surface area contributed by atoms with Crippen molar-refractivity contribution in [3.05, 3.63) is 48.0 Å². The van der Waals surface area contributed by atoms with Gasteiger partial charge in [0.1, 0.15) is 13.2 Å². The van der Waals surface area contributed by atoms with Crippen LogP contribution in [0.2, 0.25) is 0 Å². The Labute approximate surface area is 165 Å². The van der Waals surface area contributed by atoms with Crippen LogP contribution in [0.5, 0.6) is 11.5 Å². The Balaban J connectivity index is 1.48. The minimum atomic E-state index is -3.29. The van der Waals surface area contributed by atoms with Crippen molar-refractivity contribution in [1.82, 2.24) is 4.98 Å². The van der Waals surface area contributed by atoms with Crippen molar-refractivity contribution in [2.75, 3.05) is 24.8 Å². The summed E-state index contributed by atoms with van der Waals surface area (Å²) < 4.78 is 35.0. The summed E-state index contributed by atoms with van der Waals surface area (Å²) in [6.07, 6.45) is 4.22. The van der Waals surface area contributed by atoms with Gasteiger partial charge in [-0.25, -0.2) is 13.4 Å². The molecule has 28 heavy (non-hydrogen) atoms.